The van der Waals surface area contributed by atoms with Gasteiger partial charge in [-0.3, -0.25) is 0 Å². The first-order chi connectivity index (χ1) is 7.49. The third kappa shape index (κ3) is 1.66. The Bertz CT molecular complexity index is 521. The van der Waals surface area contributed by atoms with Gasteiger partial charge < -0.3 is 9.90 Å². The van der Waals surface area contributed by atoms with Crippen molar-refractivity contribution in [1.29, 1.82) is 0 Å². The smallest absolute Gasteiger partial charge is 0.178 e. The fourth-order valence-electron chi connectivity index (χ4n) is 2.02. The summed E-state index contributed by atoms with van der Waals surface area (Å²) < 4.78 is 23.5. The summed E-state index contributed by atoms with van der Waals surface area (Å²) in [6, 6.07) is 6.31. The van der Waals surface area contributed by atoms with Crippen LogP contribution in [0.25, 0.3) is 0 Å². The Hall–Kier alpha value is -1.20. The van der Waals surface area contributed by atoms with Crippen molar-refractivity contribution in [2.75, 3.05) is 5.75 Å². The minimum atomic E-state index is -3.31. The molecular weight excluding hydrogens is 228 g/mol. The average molecular weight is 240 g/mol. The van der Waals surface area contributed by atoms with E-state index in [0.717, 1.165) is 0 Å². The number of aliphatic hydroxyl groups is 1. The van der Waals surface area contributed by atoms with E-state index in [0.29, 0.717) is 11.8 Å². The zero-order chi connectivity index (χ0) is 11.8. The number of hydrogen-bond acceptors (Lipinski definition) is 4. The molecule has 2 rings (SSSR count). The number of sulfone groups is 1. The van der Waals surface area contributed by atoms with Gasteiger partial charge in [0.1, 0.15) is 6.29 Å². The van der Waals surface area contributed by atoms with Gasteiger partial charge in [-0.05, 0) is 12.5 Å². The van der Waals surface area contributed by atoms with Crippen molar-refractivity contribution in [3.63, 3.8) is 0 Å². The highest BCUT2D eigenvalue weighted by atomic mass is 32.2. The highest BCUT2D eigenvalue weighted by Gasteiger charge is 2.39. The summed E-state index contributed by atoms with van der Waals surface area (Å²) in [5, 5.41) is 10.3. The first-order valence-corrected chi connectivity index (χ1v) is 6.63. The number of benzene rings is 1. The average Bonchev–Trinajstić information content (AvgIpc) is 2.26. The van der Waals surface area contributed by atoms with Crippen LogP contribution in [-0.2, 0) is 20.2 Å². The Morgan fingerprint density at radius 2 is 2.06 bits per heavy atom. The maximum atomic E-state index is 11.8. The van der Waals surface area contributed by atoms with Gasteiger partial charge in [0, 0.05) is 12.0 Å². The monoisotopic (exact) mass is 240 g/mol. The van der Waals surface area contributed by atoms with Crippen molar-refractivity contribution >= 4 is 16.1 Å². The molecule has 0 aromatic heterocycles. The molecule has 1 heterocycles. The Morgan fingerprint density at radius 1 is 1.38 bits per heavy atom. The second kappa shape index (κ2) is 3.68. The maximum absolute atomic E-state index is 11.8. The molecule has 0 radical (unpaired) electrons. The predicted octanol–water partition coefficient (Wildman–Crippen LogP) is 0.641. The number of carbonyl (C=O) groups is 1. The Balaban J connectivity index is 2.64. The van der Waals surface area contributed by atoms with Crippen molar-refractivity contribution in [3.8, 4) is 0 Å². The zero-order valence-corrected chi connectivity index (χ0v) is 9.40. The molecule has 1 atom stereocenters. The molecule has 86 valence electrons. The van der Waals surface area contributed by atoms with Crippen LogP contribution in [-0.4, -0.2) is 25.6 Å². The van der Waals surface area contributed by atoms with Crippen LogP contribution in [0.15, 0.2) is 29.2 Å². The van der Waals surface area contributed by atoms with Crippen molar-refractivity contribution in [1.82, 2.24) is 0 Å². The molecule has 0 aliphatic carbocycles. The van der Waals surface area contributed by atoms with E-state index in [2.05, 4.69) is 0 Å². The van der Waals surface area contributed by atoms with Crippen LogP contribution in [0.4, 0.5) is 0 Å². The van der Waals surface area contributed by atoms with Crippen molar-refractivity contribution in [3.05, 3.63) is 29.8 Å². The van der Waals surface area contributed by atoms with Crippen LogP contribution < -0.4 is 0 Å². The van der Waals surface area contributed by atoms with Crippen LogP contribution in [0.2, 0.25) is 0 Å². The van der Waals surface area contributed by atoms with Gasteiger partial charge in [0.2, 0.25) is 0 Å². The van der Waals surface area contributed by atoms with E-state index >= 15 is 0 Å². The van der Waals surface area contributed by atoms with Gasteiger partial charge in [-0.2, -0.15) is 0 Å². The van der Waals surface area contributed by atoms with Gasteiger partial charge in [0.25, 0.3) is 0 Å². The number of rotatable bonds is 2. The lowest BCUT2D eigenvalue weighted by molar-refractivity contribution is -0.113. The Morgan fingerprint density at radius 3 is 2.75 bits per heavy atom. The molecule has 1 aromatic carbocycles. The summed E-state index contributed by atoms with van der Waals surface area (Å²) in [4.78, 5) is 10.7. The van der Waals surface area contributed by atoms with E-state index < -0.39 is 15.4 Å². The van der Waals surface area contributed by atoms with Crippen LogP contribution in [0, 0.1) is 0 Å². The molecule has 1 aliphatic heterocycles. The molecule has 16 heavy (non-hydrogen) atoms. The molecule has 1 aliphatic rings. The highest BCUT2D eigenvalue weighted by Crippen LogP contribution is 2.38. The summed E-state index contributed by atoms with van der Waals surface area (Å²) >= 11 is 0. The predicted molar refractivity (Wildman–Crippen MR) is 57.7 cm³/mol. The molecule has 4 nitrogen and oxygen atoms in total. The van der Waals surface area contributed by atoms with Gasteiger partial charge in [-0.25, -0.2) is 8.42 Å². The largest absolute Gasteiger partial charge is 0.385 e. The molecular formula is C11H12O4S. The third-order valence-corrected chi connectivity index (χ3v) is 4.70. The second-order valence-corrected chi connectivity index (χ2v) is 6.04. The van der Waals surface area contributed by atoms with E-state index in [1.165, 1.54) is 6.07 Å². The summed E-state index contributed by atoms with van der Waals surface area (Å²) in [7, 11) is -3.31. The number of carbonyl (C=O) groups excluding carboxylic acids is 1. The number of aldehydes is 1. The zero-order valence-electron chi connectivity index (χ0n) is 8.59. The van der Waals surface area contributed by atoms with Crippen molar-refractivity contribution < 1.29 is 18.3 Å². The van der Waals surface area contributed by atoms with E-state index in [1.54, 1.807) is 18.2 Å². The molecule has 1 unspecified atom stereocenters. The summed E-state index contributed by atoms with van der Waals surface area (Å²) in [6.07, 6.45) is 0.624. The number of fused-ring (bicyclic) bond motifs is 1. The minimum Gasteiger partial charge on any atom is -0.385 e. The molecule has 1 N–H and O–H groups in total. The van der Waals surface area contributed by atoms with Crippen molar-refractivity contribution in [2.45, 2.75) is 23.3 Å². The normalized spacial score (nSPS) is 27.1. The lowest BCUT2D eigenvalue weighted by Gasteiger charge is -2.32. The SMILES string of the molecule is O=CCC1(O)CCS(=O)(=O)c2ccccc21. The van der Waals surface area contributed by atoms with E-state index in [9.17, 15) is 18.3 Å². The van der Waals surface area contributed by atoms with E-state index in [-0.39, 0.29) is 23.5 Å². The molecule has 0 fully saturated rings. The second-order valence-electron chi connectivity index (χ2n) is 3.97. The summed E-state index contributed by atoms with van der Waals surface area (Å²) in [5.74, 6) is -0.117. The van der Waals surface area contributed by atoms with Crippen molar-refractivity contribution in [2.24, 2.45) is 0 Å². The highest BCUT2D eigenvalue weighted by molar-refractivity contribution is 7.91. The van der Waals surface area contributed by atoms with Crippen LogP contribution >= 0.6 is 0 Å². The fourth-order valence-corrected chi connectivity index (χ4v) is 3.73. The quantitative estimate of drug-likeness (QED) is 0.770. The number of hydrogen-bond donors (Lipinski definition) is 1. The van der Waals surface area contributed by atoms with Crippen LogP contribution in [0.3, 0.4) is 0 Å². The maximum Gasteiger partial charge on any atom is 0.178 e. The van der Waals surface area contributed by atoms with E-state index in [1.807, 2.05) is 0 Å². The topological polar surface area (TPSA) is 71.4 Å². The molecule has 0 amide bonds. The standard InChI is InChI=1S/C11H12O4S/c12-7-5-11(13)6-8-16(14,15)10-4-2-1-3-9(10)11/h1-4,7,13H,5-6,8H2. The fraction of sp³-hybridized carbons (Fsp3) is 0.364. The van der Waals surface area contributed by atoms with Gasteiger partial charge in [-0.15, -0.1) is 0 Å². The molecule has 0 spiro atoms. The molecule has 1 aromatic rings. The van der Waals surface area contributed by atoms with E-state index in [4.69, 9.17) is 0 Å². The molecule has 0 saturated carbocycles. The first-order valence-electron chi connectivity index (χ1n) is 4.98. The van der Waals surface area contributed by atoms with Gasteiger partial charge in [-0.1, -0.05) is 18.2 Å². The van der Waals surface area contributed by atoms with Crippen LogP contribution in [0.1, 0.15) is 18.4 Å². The first kappa shape index (κ1) is 11.3. The lowest BCUT2D eigenvalue weighted by Crippen LogP contribution is -2.35. The molecule has 0 saturated heterocycles. The van der Waals surface area contributed by atoms with Gasteiger partial charge >= 0.3 is 0 Å². The van der Waals surface area contributed by atoms with Crippen LogP contribution in [0.5, 0.6) is 0 Å². The third-order valence-electron chi connectivity index (χ3n) is 2.93. The summed E-state index contributed by atoms with van der Waals surface area (Å²) in [5.41, 5.74) is -0.989. The minimum absolute atomic E-state index is 0.0699. The lowest BCUT2D eigenvalue weighted by atomic mass is 9.88. The molecule has 5 heteroatoms. The Labute approximate surface area is 93.8 Å². The van der Waals surface area contributed by atoms with Gasteiger partial charge in [0.05, 0.1) is 16.2 Å². The van der Waals surface area contributed by atoms with Gasteiger partial charge in [0.15, 0.2) is 9.84 Å². The Kier molecular flexibility index (Phi) is 2.59. The molecule has 0 bridgehead atoms. The summed E-state index contributed by atoms with van der Waals surface area (Å²) in [6.45, 7) is 0.